The summed E-state index contributed by atoms with van der Waals surface area (Å²) in [6, 6.07) is -0.795. The molecule has 0 aliphatic carbocycles. The van der Waals surface area contributed by atoms with Crippen LogP contribution in [0, 0.1) is 5.92 Å². The molecule has 0 bridgehead atoms. The molecule has 0 heterocycles. The number of amides is 2. The van der Waals surface area contributed by atoms with Crippen LogP contribution in [0.15, 0.2) is 0 Å². The first kappa shape index (κ1) is 22.4. The fourth-order valence-corrected chi connectivity index (χ4v) is 2.62. The Morgan fingerprint density at radius 2 is 1.67 bits per heavy atom. The standard InChI is InChI=1S/C16H28N2O5S/c1-6-18(7-2)16(22)12(17-15(21)11(4)5)10-24-14(20)9-13(19)23-8-3/h11-12H,6-10H2,1-5H3,(H,17,21). The Morgan fingerprint density at radius 1 is 1.08 bits per heavy atom. The van der Waals surface area contributed by atoms with Crippen LogP contribution in [0.25, 0.3) is 0 Å². The summed E-state index contributed by atoms with van der Waals surface area (Å²) in [5.74, 6) is -1.25. The number of hydrogen-bond acceptors (Lipinski definition) is 6. The minimum atomic E-state index is -0.795. The molecule has 0 aromatic rings. The molecule has 0 radical (unpaired) electrons. The minimum absolute atomic E-state index is 0.0893. The summed E-state index contributed by atoms with van der Waals surface area (Å²) in [6.07, 6.45) is -0.344. The second-order valence-electron chi connectivity index (χ2n) is 5.39. The second-order valence-corrected chi connectivity index (χ2v) is 6.47. The van der Waals surface area contributed by atoms with Crippen LogP contribution in [-0.4, -0.2) is 59.3 Å². The van der Waals surface area contributed by atoms with Crippen molar-refractivity contribution in [3.63, 3.8) is 0 Å². The van der Waals surface area contributed by atoms with Crippen LogP contribution in [0.4, 0.5) is 0 Å². The van der Waals surface area contributed by atoms with E-state index in [-0.39, 0.29) is 41.6 Å². The second kappa shape index (κ2) is 11.9. The van der Waals surface area contributed by atoms with Crippen LogP contribution in [0.3, 0.4) is 0 Å². The molecule has 0 aliphatic heterocycles. The highest BCUT2D eigenvalue weighted by Crippen LogP contribution is 2.11. The summed E-state index contributed by atoms with van der Waals surface area (Å²) in [4.78, 5) is 49.1. The number of thioether (sulfide) groups is 1. The lowest BCUT2D eigenvalue weighted by molar-refractivity contribution is -0.144. The van der Waals surface area contributed by atoms with E-state index < -0.39 is 12.0 Å². The van der Waals surface area contributed by atoms with Crippen LogP contribution >= 0.6 is 11.8 Å². The van der Waals surface area contributed by atoms with Gasteiger partial charge in [-0.2, -0.15) is 0 Å². The SMILES string of the molecule is CCOC(=O)CC(=O)SCC(NC(=O)C(C)C)C(=O)N(CC)CC. The molecule has 24 heavy (non-hydrogen) atoms. The fraction of sp³-hybridized carbons (Fsp3) is 0.750. The normalized spacial score (nSPS) is 11.8. The molecule has 1 unspecified atom stereocenters. The third-order valence-electron chi connectivity index (χ3n) is 3.22. The van der Waals surface area contributed by atoms with Crippen LogP contribution in [0.1, 0.15) is 41.0 Å². The van der Waals surface area contributed by atoms with Crippen LogP contribution < -0.4 is 5.32 Å². The molecule has 7 nitrogen and oxygen atoms in total. The van der Waals surface area contributed by atoms with Gasteiger partial charge in [-0.3, -0.25) is 19.2 Å². The van der Waals surface area contributed by atoms with Crippen LogP contribution in [0.5, 0.6) is 0 Å². The van der Waals surface area contributed by atoms with Crippen molar-refractivity contribution < 1.29 is 23.9 Å². The Balaban J connectivity index is 4.81. The summed E-state index contributed by atoms with van der Waals surface area (Å²) in [7, 11) is 0. The molecule has 0 saturated carbocycles. The van der Waals surface area contributed by atoms with Crippen molar-refractivity contribution in [2.75, 3.05) is 25.4 Å². The molecule has 0 rings (SSSR count). The molecule has 0 aliphatic rings. The van der Waals surface area contributed by atoms with Gasteiger partial charge in [0.05, 0.1) is 6.61 Å². The van der Waals surface area contributed by atoms with E-state index in [1.54, 1.807) is 25.7 Å². The highest BCUT2D eigenvalue weighted by molar-refractivity contribution is 8.13. The zero-order valence-corrected chi connectivity index (χ0v) is 15.9. The third-order valence-corrected chi connectivity index (χ3v) is 4.19. The van der Waals surface area contributed by atoms with Gasteiger partial charge in [-0.05, 0) is 20.8 Å². The number of nitrogens with zero attached hydrogens (tertiary/aromatic N) is 1. The van der Waals surface area contributed by atoms with E-state index in [0.29, 0.717) is 13.1 Å². The van der Waals surface area contributed by atoms with E-state index in [1.165, 1.54) is 0 Å². The van der Waals surface area contributed by atoms with E-state index in [4.69, 9.17) is 4.74 Å². The number of carbonyl (C=O) groups is 4. The Hall–Kier alpha value is -1.57. The zero-order valence-electron chi connectivity index (χ0n) is 15.1. The molecular weight excluding hydrogens is 332 g/mol. The van der Waals surface area contributed by atoms with Gasteiger partial charge in [0.15, 0.2) is 5.12 Å². The number of carbonyl (C=O) groups excluding carboxylic acids is 4. The maximum Gasteiger partial charge on any atom is 0.314 e. The smallest absolute Gasteiger partial charge is 0.314 e. The number of ether oxygens (including phenoxy) is 1. The maximum atomic E-state index is 12.5. The number of nitrogens with one attached hydrogen (secondary N) is 1. The largest absolute Gasteiger partial charge is 0.466 e. The molecule has 0 aromatic heterocycles. The summed E-state index contributed by atoms with van der Waals surface area (Å²) in [5.41, 5.74) is 0. The molecule has 2 amide bonds. The molecule has 1 N–H and O–H groups in total. The molecule has 0 spiro atoms. The lowest BCUT2D eigenvalue weighted by Crippen LogP contribution is -2.51. The Kier molecular flexibility index (Phi) is 11.1. The van der Waals surface area contributed by atoms with Crippen molar-refractivity contribution in [1.82, 2.24) is 10.2 Å². The van der Waals surface area contributed by atoms with Gasteiger partial charge in [0.2, 0.25) is 11.8 Å². The lowest BCUT2D eigenvalue weighted by Gasteiger charge is -2.26. The summed E-state index contributed by atoms with van der Waals surface area (Å²) < 4.78 is 4.72. The van der Waals surface area contributed by atoms with Gasteiger partial charge in [0.25, 0.3) is 0 Å². The lowest BCUT2D eigenvalue weighted by atomic mass is 10.2. The average Bonchev–Trinajstić information content (AvgIpc) is 2.52. The summed E-state index contributed by atoms with van der Waals surface area (Å²) >= 11 is 0.857. The van der Waals surface area contributed by atoms with Crippen molar-refractivity contribution in [2.45, 2.75) is 47.1 Å². The molecule has 138 valence electrons. The number of likely N-dealkylation sites (N-methyl/N-ethyl adjacent to an activating group) is 1. The Morgan fingerprint density at radius 3 is 2.12 bits per heavy atom. The van der Waals surface area contributed by atoms with Crippen LogP contribution in [-0.2, 0) is 23.9 Å². The number of hydrogen-bond donors (Lipinski definition) is 1. The molecule has 1 atom stereocenters. The van der Waals surface area contributed by atoms with Gasteiger partial charge < -0.3 is 15.0 Å². The highest BCUT2D eigenvalue weighted by Gasteiger charge is 2.26. The monoisotopic (exact) mass is 360 g/mol. The van der Waals surface area contributed by atoms with Gasteiger partial charge in [0, 0.05) is 24.8 Å². The quantitative estimate of drug-likeness (QED) is 0.465. The van der Waals surface area contributed by atoms with E-state index in [1.807, 2.05) is 13.8 Å². The predicted octanol–water partition coefficient (Wildman–Crippen LogP) is 1.21. The maximum absolute atomic E-state index is 12.5. The van der Waals surface area contributed by atoms with Gasteiger partial charge in [-0.1, -0.05) is 25.6 Å². The van der Waals surface area contributed by atoms with E-state index >= 15 is 0 Å². The molecular formula is C16H28N2O5S. The molecule has 0 aromatic carbocycles. The third kappa shape index (κ3) is 8.33. The molecule has 0 saturated heterocycles. The van der Waals surface area contributed by atoms with Crippen molar-refractivity contribution in [3.8, 4) is 0 Å². The van der Waals surface area contributed by atoms with Crippen molar-refractivity contribution in [2.24, 2.45) is 5.92 Å². The Bertz CT molecular complexity index is 450. The average molecular weight is 360 g/mol. The van der Waals surface area contributed by atoms with Gasteiger partial charge in [-0.15, -0.1) is 0 Å². The van der Waals surface area contributed by atoms with Crippen LogP contribution in [0.2, 0.25) is 0 Å². The summed E-state index contributed by atoms with van der Waals surface area (Å²) in [6.45, 7) is 10.1. The van der Waals surface area contributed by atoms with Crippen molar-refractivity contribution in [1.29, 1.82) is 0 Å². The molecule has 0 fully saturated rings. The first-order valence-corrected chi connectivity index (χ1v) is 9.15. The van der Waals surface area contributed by atoms with Gasteiger partial charge in [0.1, 0.15) is 12.5 Å². The predicted molar refractivity (Wildman–Crippen MR) is 93.4 cm³/mol. The fourth-order valence-electron chi connectivity index (χ4n) is 1.83. The van der Waals surface area contributed by atoms with E-state index in [2.05, 4.69) is 5.32 Å². The minimum Gasteiger partial charge on any atom is -0.466 e. The number of esters is 1. The highest BCUT2D eigenvalue weighted by atomic mass is 32.2. The topological polar surface area (TPSA) is 92.8 Å². The summed E-state index contributed by atoms with van der Waals surface area (Å²) in [5, 5.41) is 2.30. The first-order chi connectivity index (χ1) is 11.3. The zero-order chi connectivity index (χ0) is 18.7. The van der Waals surface area contributed by atoms with E-state index in [0.717, 1.165) is 11.8 Å². The number of rotatable bonds is 10. The van der Waals surface area contributed by atoms with E-state index in [9.17, 15) is 19.2 Å². The molecule has 8 heteroatoms. The van der Waals surface area contributed by atoms with Gasteiger partial charge >= 0.3 is 5.97 Å². The van der Waals surface area contributed by atoms with Crippen molar-refractivity contribution >= 4 is 34.7 Å². The Labute approximate surface area is 147 Å². The van der Waals surface area contributed by atoms with Gasteiger partial charge in [-0.25, -0.2) is 0 Å². The first-order valence-electron chi connectivity index (χ1n) is 8.17. The van der Waals surface area contributed by atoms with Crippen molar-refractivity contribution in [3.05, 3.63) is 0 Å².